The standard InChI is InChI=1S/C17H29NO8P2/c1-12(2)10-14-4-6-15(7-5-14)13(3)16(20)18-11-17(8-9-19,27(21,22)23)28(24,25)26/h4-7,12-13,19H,8-11H2,1-3H3,(H,18,20)(H2,21,22,23)(H2,24,25,26). The molecule has 0 saturated carbocycles. The maximum atomic E-state index is 12.4. The van der Waals surface area contributed by atoms with Gasteiger partial charge in [0.05, 0.1) is 5.92 Å². The van der Waals surface area contributed by atoms with E-state index in [0.717, 1.165) is 12.0 Å². The van der Waals surface area contributed by atoms with Crippen LogP contribution in [0, 0.1) is 5.92 Å². The maximum absolute atomic E-state index is 12.4. The monoisotopic (exact) mass is 437 g/mol. The number of carbonyl (C=O) groups is 1. The highest BCUT2D eigenvalue weighted by Crippen LogP contribution is 2.70. The molecular weight excluding hydrogens is 408 g/mol. The number of nitrogens with one attached hydrogen (secondary N) is 1. The number of amides is 1. The summed E-state index contributed by atoms with van der Waals surface area (Å²) in [5, 5.41) is 11.3. The van der Waals surface area contributed by atoms with Crippen LogP contribution < -0.4 is 5.32 Å². The third-order valence-corrected chi connectivity index (χ3v) is 9.15. The average Bonchev–Trinajstić information content (AvgIpc) is 2.55. The van der Waals surface area contributed by atoms with Gasteiger partial charge in [0.15, 0.2) is 4.90 Å². The zero-order valence-electron chi connectivity index (χ0n) is 16.1. The Morgan fingerprint density at radius 3 is 1.93 bits per heavy atom. The van der Waals surface area contributed by atoms with E-state index in [1.165, 1.54) is 0 Å². The van der Waals surface area contributed by atoms with Crippen LogP contribution in [0.5, 0.6) is 0 Å². The van der Waals surface area contributed by atoms with Crippen LogP contribution in [0.25, 0.3) is 0 Å². The Morgan fingerprint density at radius 2 is 1.54 bits per heavy atom. The van der Waals surface area contributed by atoms with E-state index in [0.29, 0.717) is 11.5 Å². The number of benzene rings is 1. The summed E-state index contributed by atoms with van der Waals surface area (Å²) in [6.07, 6.45) is 0.0230. The minimum Gasteiger partial charge on any atom is -0.396 e. The molecule has 11 heteroatoms. The molecule has 0 aliphatic heterocycles. The Morgan fingerprint density at radius 1 is 1.04 bits per heavy atom. The molecule has 0 saturated heterocycles. The van der Waals surface area contributed by atoms with Gasteiger partial charge in [0.1, 0.15) is 0 Å². The highest BCUT2D eigenvalue weighted by atomic mass is 31.2. The van der Waals surface area contributed by atoms with Crippen molar-refractivity contribution >= 4 is 21.1 Å². The molecule has 0 aliphatic carbocycles. The third kappa shape index (κ3) is 5.97. The lowest BCUT2D eigenvalue weighted by Gasteiger charge is -2.34. The average molecular weight is 437 g/mol. The number of aliphatic hydroxyl groups is 1. The normalized spacial score (nSPS) is 14.2. The first kappa shape index (κ1) is 25.0. The van der Waals surface area contributed by atoms with Crippen molar-refractivity contribution in [2.45, 2.75) is 44.4 Å². The van der Waals surface area contributed by atoms with E-state index in [1.807, 2.05) is 12.1 Å². The Balaban J connectivity index is 2.98. The molecule has 0 aromatic heterocycles. The fourth-order valence-corrected chi connectivity index (χ4v) is 5.59. The molecule has 0 heterocycles. The quantitative estimate of drug-likeness (QED) is 0.300. The summed E-state index contributed by atoms with van der Waals surface area (Å²) in [5.74, 6) is -0.860. The molecule has 0 bridgehead atoms. The van der Waals surface area contributed by atoms with Crippen molar-refractivity contribution in [3.8, 4) is 0 Å². The van der Waals surface area contributed by atoms with Gasteiger partial charge in [-0.05, 0) is 30.4 Å². The fourth-order valence-electron chi connectivity index (χ4n) is 2.88. The number of hydrogen-bond donors (Lipinski definition) is 6. The Labute approximate surface area is 164 Å². The molecule has 0 radical (unpaired) electrons. The summed E-state index contributed by atoms with van der Waals surface area (Å²) in [6.45, 7) is 3.93. The Kier molecular flexibility index (Phi) is 8.60. The van der Waals surface area contributed by atoms with Crippen LogP contribution in [-0.4, -0.2) is 48.6 Å². The van der Waals surface area contributed by atoms with Crippen LogP contribution in [0.3, 0.4) is 0 Å². The van der Waals surface area contributed by atoms with Gasteiger partial charge in [0.25, 0.3) is 0 Å². The minimum atomic E-state index is -5.36. The lowest BCUT2D eigenvalue weighted by atomic mass is 9.96. The van der Waals surface area contributed by atoms with Gasteiger partial charge in [-0.25, -0.2) is 0 Å². The first-order valence-corrected chi connectivity index (χ1v) is 12.1. The SMILES string of the molecule is CC(C)Cc1ccc(C(C)C(=O)NCC(CCO)(P(=O)(O)O)P(=O)(O)O)cc1. The predicted octanol–water partition coefficient (Wildman–Crippen LogP) is 1.54. The van der Waals surface area contributed by atoms with Crippen LogP contribution in [0.1, 0.15) is 44.2 Å². The zero-order chi connectivity index (χ0) is 21.8. The molecule has 0 fully saturated rings. The van der Waals surface area contributed by atoms with Gasteiger partial charge in [-0.1, -0.05) is 38.1 Å². The molecule has 0 spiro atoms. The van der Waals surface area contributed by atoms with E-state index in [-0.39, 0.29) is 0 Å². The topological polar surface area (TPSA) is 164 Å². The van der Waals surface area contributed by atoms with E-state index in [1.54, 1.807) is 19.1 Å². The highest BCUT2D eigenvalue weighted by molar-refractivity contribution is 7.72. The number of carbonyl (C=O) groups excluding carboxylic acids is 1. The van der Waals surface area contributed by atoms with Gasteiger partial charge in [-0.15, -0.1) is 0 Å². The maximum Gasteiger partial charge on any atom is 0.345 e. The van der Waals surface area contributed by atoms with E-state index in [2.05, 4.69) is 19.2 Å². The van der Waals surface area contributed by atoms with Crippen LogP contribution >= 0.6 is 15.2 Å². The first-order chi connectivity index (χ1) is 12.7. The second kappa shape index (κ2) is 9.63. The first-order valence-electron chi connectivity index (χ1n) is 8.84. The smallest absolute Gasteiger partial charge is 0.345 e. The van der Waals surface area contributed by atoms with Gasteiger partial charge in [-0.2, -0.15) is 0 Å². The fraction of sp³-hybridized carbons (Fsp3) is 0.588. The largest absolute Gasteiger partial charge is 0.396 e. The predicted molar refractivity (Wildman–Crippen MR) is 105 cm³/mol. The van der Waals surface area contributed by atoms with Gasteiger partial charge in [0, 0.05) is 19.6 Å². The summed E-state index contributed by atoms with van der Waals surface area (Å²) in [6, 6.07) is 7.32. The third-order valence-electron chi connectivity index (χ3n) is 4.66. The molecule has 1 aromatic rings. The van der Waals surface area contributed by atoms with Gasteiger partial charge < -0.3 is 30.0 Å². The van der Waals surface area contributed by atoms with Crippen molar-refractivity contribution in [3.05, 3.63) is 35.4 Å². The van der Waals surface area contributed by atoms with Crippen molar-refractivity contribution in [1.82, 2.24) is 5.32 Å². The van der Waals surface area contributed by atoms with Gasteiger partial charge >= 0.3 is 15.2 Å². The van der Waals surface area contributed by atoms with Crippen molar-refractivity contribution in [3.63, 3.8) is 0 Å². The molecule has 1 aromatic carbocycles. The van der Waals surface area contributed by atoms with E-state index < -0.39 is 51.5 Å². The Bertz CT molecular complexity index is 731. The molecule has 28 heavy (non-hydrogen) atoms. The van der Waals surface area contributed by atoms with Crippen molar-refractivity contribution in [2.75, 3.05) is 13.2 Å². The van der Waals surface area contributed by atoms with Crippen molar-refractivity contribution in [2.24, 2.45) is 5.92 Å². The lowest BCUT2D eigenvalue weighted by Crippen LogP contribution is -2.44. The molecule has 9 nitrogen and oxygen atoms in total. The zero-order valence-corrected chi connectivity index (χ0v) is 17.9. The molecule has 1 unspecified atom stereocenters. The molecule has 1 rings (SSSR count). The van der Waals surface area contributed by atoms with Gasteiger partial charge in [0.2, 0.25) is 5.91 Å². The van der Waals surface area contributed by atoms with Crippen LogP contribution in [-0.2, 0) is 20.3 Å². The molecule has 6 N–H and O–H groups in total. The number of rotatable bonds is 10. The minimum absolute atomic E-state index is 0.478. The summed E-state index contributed by atoms with van der Waals surface area (Å²) >= 11 is 0. The summed E-state index contributed by atoms with van der Waals surface area (Å²) < 4.78 is 23.6. The van der Waals surface area contributed by atoms with Crippen molar-refractivity contribution < 1.29 is 38.6 Å². The van der Waals surface area contributed by atoms with Crippen LogP contribution in [0.15, 0.2) is 24.3 Å². The molecule has 160 valence electrons. The number of aliphatic hydroxyl groups excluding tert-OH is 1. The molecule has 1 amide bonds. The molecule has 0 aliphatic rings. The van der Waals surface area contributed by atoms with Crippen molar-refractivity contribution in [1.29, 1.82) is 0 Å². The van der Waals surface area contributed by atoms with E-state index in [4.69, 9.17) is 5.11 Å². The van der Waals surface area contributed by atoms with E-state index in [9.17, 15) is 33.5 Å². The van der Waals surface area contributed by atoms with Crippen LogP contribution in [0.4, 0.5) is 0 Å². The van der Waals surface area contributed by atoms with Crippen LogP contribution in [0.2, 0.25) is 0 Å². The number of hydrogen-bond acceptors (Lipinski definition) is 4. The summed E-state index contributed by atoms with van der Waals surface area (Å²) in [7, 11) is -10.7. The summed E-state index contributed by atoms with van der Waals surface area (Å²) in [4.78, 5) is 47.7. The Hall–Kier alpha value is -1.05. The van der Waals surface area contributed by atoms with Gasteiger partial charge in [-0.3, -0.25) is 13.9 Å². The molecule has 1 atom stereocenters. The molecular formula is C17H29NO8P2. The van der Waals surface area contributed by atoms with E-state index >= 15 is 0 Å². The second-order valence-electron chi connectivity index (χ2n) is 7.32. The highest BCUT2D eigenvalue weighted by Gasteiger charge is 2.59. The second-order valence-corrected chi connectivity index (χ2v) is 11.6. The summed E-state index contributed by atoms with van der Waals surface area (Å²) in [5.41, 5.74) is 1.77. The lowest BCUT2D eigenvalue weighted by molar-refractivity contribution is -0.122.